The molecule has 154 valence electrons. The number of amides is 1. The standard InChI is InChI=1S/C23H21FN2O4/c1-14-6-5-7-15(12-14)22-20(30-2)11-10-18(25-22)23(29)26-19(13-21(27)28)16-8-3-4-9-17(16)24/h3-12,19H,13H2,1-2H3,(H,26,29)(H,27,28). The van der Waals surface area contributed by atoms with Crippen LogP contribution in [0.2, 0.25) is 0 Å². The molecule has 6 nitrogen and oxygen atoms in total. The van der Waals surface area contributed by atoms with Gasteiger partial charge in [0.25, 0.3) is 5.91 Å². The largest absolute Gasteiger partial charge is 0.494 e. The summed E-state index contributed by atoms with van der Waals surface area (Å²) in [6.45, 7) is 1.94. The van der Waals surface area contributed by atoms with E-state index in [1.165, 1.54) is 31.4 Å². The number of hydrogen-bond donors (Lipinski definition) is 2. The van der Waals surface area contributed by atoms with Crippen LogP contribution in [0.1, 0.15) is 34.1 Å². The van der Waals surface area contributed by atoms with E-state index < -0.39 is 30.2 Å². The highest BCUT2D eigenvalue weighted by Crippen LogP contribution is 2.29. The number of rotatable bonds is 7. The van der Waals surface area contributed by atoms with E-state index in [2.05, 4.69) is 10.3 Å². The number of aliphatic carboxylic acids is 1. The van der Waals surface area contributed by atoms with Crippen molar-refractivity contribution >= 4 is 11.9 Å². The van der Waals surface area contributed by atoms with Crippen LogP contribution in [0.4, 0.5) is 4.39 Å². The maximum atomic E-state index is 14.2. The molecule has 0 aliphatic rings. The van der Waals surface area contributed by atoms with Gasteiger partial charge in [-0.1, -0.05) is 42.0 Å². The van der Waals surface area contributed by atoms with Crippen LogP contribution >= 0.6 is 0 Å². The Bertz CT molecular complexity index is 1080. The van der Waals surface area contributed by atoms with Crippen LogP contribution < -0.4 is 10.1 Å². The van der Waals surface area contributed by atoms with Gasteiger partial charge in [0.15, 0.2) is 0 Å². The summed E-state index contributed by atoms with van der Waals surface area (Å²) in [5, 5.41) is 11.8. The molecule has 0 fully saturated rings. The highest BCUT2D eigenvalue weighted by molar-refractivity contribution is 5.93. The van der Waals surface area contributed by atoms with Crippen molar-refractivity contribution in [1.29, 1.82) is 0 Å². The molecule has 0 bridgehead atoms. The lowest BCUT2D eigenvalue weighted by molar-refractivity contribution is -0.137. The topological polar surface area (TPSA) is 88.5 Å². The molecule has 0 radical (unpaired) electrons. The third-order valence-corrected chi connectivity index (χ3v) is 4.57. The number of halogens is 1. The lowest BCUT2D eigenvalue weighted by Crippen LogP contribution is -2.31. The van der Waals surface area contributed by atoms with Gasteiger partial charge in [0, 0.05) is 11.1 Å². The Kier molecular flexibility index (Phi) is 6.41. The summed E-state index contributed by atoms with van der Waals surface area (Å²) in [5.41, 5.74) is 2.44. The van der Waals surface area contributed by atoms with E-state index in [0.717, 1.165) is 11.1 Å². The molecular weight excluding hydrogens is 387 g/mol. The van der Waals surface area contributed by atoms with Crippen LogP contribution in [0.5, 0.6) is 5.75 Å². The fourth-order valence-electron chi connectivity index (χ4n) is 3.14. The van der Waals surface area contributed by atoms with Gasteiger partial charge >= 0.3 is 5.97 Å². The van der Waals surface area contributed by atoms with Crippen molar-refractivity contribution < 1.29 is 23.8 Å². The van der Waals surface area contributed by atoms with Gasteiger partial charge < -0.3 is 15.2 Å². The van der Waals surface area contributed by atoms with Gasteiger partial charge in [-0.2, -0.15) is 0 Å². The molecule has 30 heavy (non-hydrogen) atoms. The average Bonchev–Trinajstić information content (AvgIpc) is 2.72. The van der Waals surface area contributed by atoms with Crippen molar-refractivity contribution in [2.24, 2.45) is 0 Å². The van der Waals surface area contributed by atoms with E-state index >= 15 is 0 Å². The Labute approximate surface area is 173 Å². The molecule has 1 aromatic heterocycles. The first-order valence-corrected chi connectivity index (χ1v) is 9.28. The Morgan fingerprint density at radius 1 is 1.13 bits per heavy atom. The zero-order valence-electron chi connectivity index (χ0n) is 16.6. The summed E-state index contributed by atoms with van der Waals surface area (Å²) in [7, 11) is 1.51. The van der Waals surface area contributed by atoms with Gasteiger partial charge in [0.2, 0.25) is 0 Å². The number of aromatic nitrogens is 1. The molecule has 1 atom stereocenters. The first-order valence-electron chi connectivity index (χ1n) is 9.28. The molecule has 7 heteroatoms. The molecule has 1 unspecified atom stereocenters. The number of benzene rings is 2. The molecular formula is C23H21FN2O4. The number of nitrogens with one attached hydrogen (secondary N) is 1. The highest BCUT2D eigenvalue weighted by Gasteiger charge is 2.23. The first-order chi connectivity index (χ1) is 14.4. The van der Waals surface area contributed by atoms with Crippen molar-refractivity contribution in [2.75, 3.05) is 7.11 Å². The summed E-state index contributed by atoms with van der Waals surface area (Å²) < 4.78 is 19.6. The van der Waals surface area contributed by atoms with Crippen molar-refractivity contribution in [1.82, 2.24) is 10.3 Å². The van der Waals surface area contributed by atoms with Crippen LogP contribution in [-0.2, 0) is 4.79 Å². The van der Waals surface area contributed by atoms with Crippen molar-refractivity contribution in [2.45, 2.75) is 19.4 Å². The molecule has 0 saturated carbocycles. The number of carbonyl (C=O) groups is 2. The fourth-order valence-corrected chi connectivity index (χ4v) is 3.14. The number of carboxylic acid groups (broad SMARTS) is 1. The van der Waals surface area contributed by atoms with Gasteiger partial charge in [0.05, 0.1) is 19.6 Å². The van der Waals surface area contributed by atoms with E-state index in [1.807, 2.05) is 31.2 Å². The number of carbonyl (C=O) groups excluding carboxylic acids is 1. The Balaban J connectivity index is 1.94. The number of nitrogens with zero attached hydrogens (tertiary/aromatic N) is 1. The first kappa shape index (κ1) is 21.0. The van der Waals surface area contributed by atoms with E-state index in [0.29, 0.717) is 11.4 Å². The smallest absolute Gasteiger partial charge is 0.305 e. The van der Waals surface area contributed by atoms with Crippen LogP contribution in [0.25, 0.3) is 11.3 Å². The molecule has 0 spiro atoms. The number of ether oxygens (including phenoxy) is 1. The maximum Gasteiger partial charge on any atom is 0.305 e. The second kappa shape index (κ2) is 9.17. The molecule has 0 aliphatic carbocycles. The lowest BCUT2D eigenvalue weighted by Gasteiger charge is -2.18. The number of pyridine rings is 1. The van der Waals surface area contributed by atoms with Crippen LogP contribution in [0.15, 0.2) is 60.7 Å². The molecule has 2 N–H and O–H groups in total. The molecule has 0 aliphatic heterocycles. The van der Waals surface area contributed by atoms with E-state index in [9.17, 15) is 19.1 Å². The van der Waals surface area contributed by atoms with E-state index in [1.54, 1.807) is 12.1 Å². The van der Waals surface area contributed by atoms with Crippen LogP contribution in [0, 0.1) is 12.7 Å². The minimum atomic E-state index is -1.16. The van der Waals surface area contributed by atoms with Crippen molar-refractivity contribution in [3.8, 4) is 17.0 Å². The Hall–Kier alpha value is -3.74. The zero-order valence-corrected chi connectivity index (χ0v) is 16.6. The number of methoxy groups -OCH3 is 1. The maximum absolute atomic E-state index is 14.2. The summed E-state index contributed by atoms with van der Waals surface area (Å²) >= 11 is 0. The summed E-state index contributed by atoms with van der Waals surface area (Å²) in [6.07, 6.45) is -0.465. The third-order valence-electron chi connectivity index (χ3n) is 4.57. The van der Waals surface area contributed by atoms with Crippen LogP contribution in [0.3, 0.4) is 0 Å². The molecule has 0 saturated heterocycles. The summed E-state index contributed by atoms with van der Waals surface area (Å²) in [5.74, 6) is -1.87. The third kappa shape index (κ3) is 4.81. The number of carboxylic acids is 1. The molecule has 3 aromatic rings. The molecule has 1 amide bonds. The van der Waals surface area contributed by atoms with Crippen molar-refractivity contribution in [3.05, 3.63) is 83.3 Å². The van der Waals surface area contributed by atoms with Gasteiger partial charge in [-0.3, -0.25) is 9.59 Å². The second-order valence-electron chi connectivity index (χ2n) is 6.76. The van der Waals surface area contributed by atoms with Crippen molar-refractivity contribution in [3.63, 3.8) is 0 Å². The summed E-state index contributed by atoms with van der Waals surface area (Å²) in [6, 6.07) is 15.4. The van der Waals surface area contributed by atoms with E-state index in [4.69, 9.17) is 4.74 Å². The zero-order chi connectivity index (χ0) is 21.7. The minimum absolute atomic E-state index is 0.0686. The quantitative estimate of drug-likeness (QED) is 0.613. The van der Waals surface area contributed by atoms with Gasteiger partial charge in [-0.15, -0.1) is 0 Å². The monoisotopic (exact) mass is 408 g/mol. The van der Waals surface area contributed by atoms with Gasteiger partial charge in [-0.05, 0) is 31.2 Å². The molecule has 3 rings (SSSR count). The summed E-state index contributed by atoms with van der Waals surface area (Å²) in [4.78, 5) is 28.5. The number of aryl methyl sites for hydroxylation is 1. The predicted octanol–water partition coefficient (Wildman–Crippen LogP) is 4.15. The molecule has 2 aromatic carbocycles. The highest BCUT2D eigenvalue weighted by atomic mass is 19.1. The second-order valence-corrected chi connectivity index (χ2v) is 6.76. The number of hydrogen-bond acceptors (Lipinski definition) is 4. The lowest BCUT2D eigenvalue weighted by atomic mass is 10.0. The predicted molar refractivity (Wildman–Crippen MR) is 110 cm³/mol. The Morgan fingerprint density at radius 3 is 2.57 bits per heavy atom. The van der Waals surface area contributed by atoms with E-state index in [-0.39, 0.29) is 11.3 Å². The van der Waals surface area contributed by atoms with Crippen LogP contribution in [-0.4, -0.2) is 29.1 Å². The molecule has 1 heterocycles. The van der Waals surface area contributed by atoms with Gasteiger partial charge in [-0.25, -0.2) is 9.37 Å². The normalized spacial score (nSPS) is 11.6. The SMILES string of the molecule is COc1ccc(C(=O)NC(CC(=O)O)c2ccccc2F)nc1-c1cccc(C)c1. The fraction of sp³-hybridized carbons (Fsp3) is 0.174. The Morgan fingerprint density at radius 2 is 1.90 bits per heavy atom. The van der Waals surface area contributed by atoms with Gasteiger partial charge in [0.1, 0.15) is 23.0 Å². The minimum Gasteiger partial charge on any atom is -0.494 e. The average molecular weight is 408 g/mol.